The summed E-state index contributed by atoms with van der Waals surface area (Å²) in [6.45, 7) is 3.91. The molecule has 5 rings (SSSR count). The SMILES string of the molecule is O=c1[nH]c2cnc(Nc3ccc(N4CCNCC4)cc3)nc2c2ccc([N+](=O)[O-])cc12. The third-order valence-corrected chi connectivity index (χ3v) is 5.36. The van der Waals surface area contributed by atoms with Crippen molar-refractivity contribution in [3.05, 3.63) is 69.1 Å². The minimum atomic E-state index is -0.528. The maximum Gasteiger partial charge on any atom is 0.270 e. The lowest BCUT2D eigenvalue weighted by Crippen LogP contribution is -2.43. The van der Waals surface area contributed by atoms with Gasteiger partial charge in [-0.25, -0.2) is 9.97 Å². The van der Waals surface area contributed by atoms with Crippen molar-refractivity contribution in [1.29, 1.82) is 0 Å². The van der Waals surface area contributed by atoms with Gasteiger partial charge in [-0.1, -0.05) is 0 Å². The Bertz CT molecular complexity index is 1350. The van der Waals surface area contributed by atoms with Gasteiger partial charge in [-0.15, -0.1) is 0 Å². The van der Waals surface area contributed by atoms with Crippen LogP contribution in [0.1, 0.15) is 0 Å². The molecule has 10 nitrogen and oxygen atoms in total. The second-order valence-electron chi connectivity index (χ2n) is 7.31. The Labute approximate surface area is 176 Å². The van der Waals surface area contributed by atoms with Gasteiger partial charge in [-0.05, 0) is 30.3 Å². The lowest BCUT2D eigenvalue weighted by atomic mass is 10.1. The van der Waals surface area contributed by atoms with Crippen molar-refractivity contribution in [1.82, 2.24) is 20.3 Å². The number of piperazine rings is 1. The number of pyridine rings is 1. The maximum atomic E-state index is 12.3. The van der Waals surface area contributed by atoms with Crippen LogP contribution in [-0.4, -0.2) is 46.1 Å². The zero-order valence-corrected chi connectivity index (χ0v) is 16.5. The zero-order chi connectivity index (χ0) is 21.4. The predicted octanol–water partition coefficient (Wildman–Crippen LogP) is 2.53. The quantitative estimate of drug-likeness (QED) is 0.262. The third-order valence-electron chi connectivity index (χ3n) is 5.36. The molecule has 0 radical (unpaired) electrons. The molecule has 0 bridgehead atoms. The van der Waals surface area contributed by atoms with E-state index in [9.17, 15) is 14.9 Å². The minimum absolute atomic E-state index is 0.144. The zero-order valence-electron chi connectivity index (χ0n) is 16.5. The molecule has 2 aromatic heterocycles. The summed E-state index contributed by atoms with van der Waals surface area (Å²) in [7, 11) is 0. The number of nitro groups is 1. The molecule has 1 aliphatic rings. The second kappa shape index (κ2) is 7.65. The number of aromatic amines is 1. The molecular formula is C21H19N7O3. The number of nitro benzene ring substituents is 1. The number of fused-ring (bicyclic) bond motifs is 3. The fourth-order valence-electron chi connectivity index (χ4n) is 3.78. The Kier molecular flexibility index (Phi) is 4.68. The van der Waals surface area contributed by atoms with Crippen LogP contribution < -0.4 is 21.1 Å². The van der Waals surface area contributed by atoms with Crippen LogP contribution in [0, 0.1) is 10.1 Å². The van der Waals surface area contributed by atoms with E-state index in [2.05, 4.69) is 42.6 Å². The van der Waals surface area contributed by atoms with Crippen LogP contribution in [0.4, 0.5) is 23.0 Å². The molecule has 1 fully saturated rings. The van der Waals surface area contributed by atoms with E-state index in [0.29, 0.717) is 22.4 Å². The van der Waals surface area contributed by atoms with Gasteiger partial charge in [0.25, 0.3) is 11.2 Å². The summed E-state index contributed by atoms with van der Waals surface area (Å²) in [5, 5.41) is 18.3. The summed E-state index contributed by atoms with van der Waals surface area (Å²) in [6.07, 6.45) is 1.53. The minimum Gasteiger partial charge on any atom is -0.369 e. The van der Waals surface area contributed by atoms with Crippen molar-refractivity contribution in [2.45, 2.75) is 0 Å². The van der Waals surface area contributed by atoms with Crippen LogP contribution >= 0.6 is 0 Å². The van der Waals surface area contributed by atoms with Crippen molar-refractivity contribution in [2.75, 3.05) is 36.4 Å². The average molecular weight is 417 g/mol. The van der Waals surface area contributed by atoms with E-state index in [-0.39, 0.29) is 11.1 Å². The molecule has 31 heavy (non-hydrogen) atoms. The normalized spacial score (nSPS) is 14.1. The first kappa shape index (κ1) is 18.9. The standard InChI is InChI=1S/C21H19N7O3/c29-20-17-11-15(28(30)31)5-6-16(17)19-18(25-20)12-23-21(26-19)24-13-1-3-14(4-2-13)27-9-7-22-8-10-27/h1-6,11-12,22H,7-10H2,(H,25,29)(H,23,24,26). The van der Waals surface area contributed by atoms with E-state index in [0.717, 1.165) is 37.6 Å². The highest BCUT2D eigenvalue weighted by Gasteiger charge is 2.14. The molecule has 0 atom stereocenters. The molecule has 156 valence electrons. The fourth-order valence-corrected chi connectivity index (χ4v) is 3.78. The van der Waals surface area contributed by atoms with Crippen molar-refractivity contribution in [2.24, 2.45) is 0 Å². The number of H-pyrrole nitrogens is 1. The number of aromatic nitrogens is 3. The first-order valence-electron chi connectivity index (χ1n) is 9.88. The summed E-state index contributed by atoms with van der Waals surface area (Å²) in [5.74, 6) is 0.370. The highest BCUT2D eigenvalue weighted by molar-refractivity contribution is 6.03. The summed E-state index contributed by atoms with van der Waals surface area (Å²) in [6, 6.07) is 12.2. The topological polar surface area (TPSA) is 129 Å². The number of nitrogens with zero attached hydrogens (tertiary/aromatic N) is 4. The fraction of sp³-hybridized carbons (Fsp3) is 0.190. The summed E-state index contributed by atoms with van der Waals surface area (Å²) in [5.41, 5.74) is 2.41. The Hall–Kier alpha value is -4.05. The molecule has 4 aromatic rings. The maximum absolute atomic E-state index is 12.3. The van der Waals surface area contributed by atoms with Crippen LogP contribution in [-0.2, 0) is 0 Å². The highest BCUT2D eigenvalue weighted by Crippen LogP contribution is 2.25. The predicted molar refractivity (Wildman–Crippen MR) is 119 cm³/mol. The van der Waals surface area contributed by atoms with Crippen LogP contribution in [0.25, 0.3) is 21.8 Å². The summed E-state index contributed by atoms with van der Waals surface area (Å²) >= 11 is 0. The first-order chi connectivity index (χ1) is 15.1. The van der Waals surface area contributed by atoms with Gasteiger partial charge < -0.3 is 20.5 Å². The number of hydrogen-bond acceptors (Lipinski definition) is 8. The van der Waals surface area contributed by atoms with Crippen molar-refractivity contribution >= 4 is 44.8 Å². The van der Waals surface area contributed by atoms with Crippen LogP contribution in [0.2, 0.25) is 0 Å². The van der Waals surface area contributed by atoms with Gasteiger partial charge in [0.1, 0.15) is 5.52 Å². The number of anilines is 3. The molecule has 0 saturated carbocycles. The number of nitrogens with one attached hydrogen (secondary N) is 3. The van der Waals surface area contributed by atoms with Gasteiger partial charge in [-0.3, -0.25) is 14.9 Å². The molecule has 0 aliphatic carbocycles. The molecule has 0 unspecified atom stereocenters. The Morgan fingerprint density at radius 2 is 1.84 bits per heavy atom. The smallest absolute Gasteiger partial charge is 0.270 e. The molecule has 0 amide bonds. The van der Waals surface area contributed by atoms with E-state index in [1.54, 1.807) is 6.07 Å². The van der Waals surface area contributed by atoms with E-state index >= 15 is 0 Å². The Morgan fingerprint density at radius 3 is 2.58 bits per heavy atom. The van der Waals surface area contributed by atoms with E-state index in [1.165, 1.54) is 18.3 Å². The third kappa shape index (κ3) is 3.64. The molecule has 2 aromatic carbocycles. The molecule has 10 heteroatoms. The number of non-ortho nitro benzene ring substituents is 1. The Morgan fingerprint density at radius 1 is 1.06 bits per heavy atom. The largest absolute Gasteiger partial charge is 0.369 e. The monoisotopic (exact) mass is 417 g/mol. The van der Waals surface area contributed by atoms with Gasteiger partial charge in [0.05, 0.1) is 22.0 Å². The number of hydrogen-bond donors (Lipinski definition) is 3. The van der Waals surface area contributed by atoms with Gasteiger partial charge >= 0.3 is 0 Å². The van der Waals surface area contributed by atoms with E-state index < -0.39 is 10.5 Å². The molecule has 3 heterocycles. The second-order valence-corrected chi connectivity index (χ2v) is 7.31. The Balaban J connectivity index is 1.47. The van der Waals surface area contributed by atoms with Crippen LogP contribution in [0.15, 0.2) is 53.5 Å². The van der Waals surface area contributed by atoms with E-state index in [1.807, 2.05) is 12.1 Å². The number of rotatable bonds is 4. The van der Waals surface area contributed by atoms with Crippen LogP contribution in [0.5, 0.6) is 0 Å². The van der Waals surface area contributed by atoms with Gasteiger partial charge in [-0.2, -0.15) is 0 Å². The molecular weight excluding hydrogens is 398 g/mol. The van der Waals surface area contributed by atoms with Crippen molar-refractivity contribution in [3.63, 3.8) is 0 Å². The van der Waals surface area contributed by atoms with Gasteiger partial charge in [0, 0.05) is 55.1 Å². The molecule has 3 N–H and O–H groups in total. The summed E-state index contributed by atoms with van der Waals surface area (Å²) in [4.78, 5) is 36.7. The summed E-state index contributed by atoms with van der Waals surface area (Å²) < 4.78 is 0. The number of benzene rings is 2. The van der Waals surface area contributed by atoms with Gasteiger partial charge in [0.2, 0.25) is 5.95 Å². The molecule has 0 spiro atoms. The molecule has 1 saturated heterocycles. The van der Waals surface area contributed by atoms with Crippen molar-refractivity contribution in [3.8, 4) is 0 Å². The lowest BCUT2D eigenvalue weighted by Gasteiger charge is -2.29. The van der Waals surface area contributed by atoms with Crippen LogP contribution in [0.3, 0.4) is 0 Å². The highest BCUT2D eigenvalue weighted by atomic mass is 16.6. The molecule has 1 aliphatic heterocycles. The van der Waals surface area contributed by atoms with E-state index in [4.69, 9.17) is 0 Å². The lowest BCUT2D eigenvalue weighted by molar-refractivity contribution is -0.384. The average Bonchev–Trinajstić information content (AvgIpc) is 2.80. The van der Waals surface area contributed by atoms with Gasteiger partial charge in [0.15, 0.2) is 0 Å². The first-order valence-corrected chi connectivity index (χ1v) is 9.88. The van der Waals surface area contributed by atoms with Crippen molar-refractivity contribution < 1.29 is 4.92 Å².